The molecule has 1 N–H and O–H groups in total. The van der Waals surface area contributed by atoms with Crippen LogP contribution in [0.1, 0.15) is 10.4 Å². The summed E-state index contributed by atoms with van der Waals surface area (Å²) in [7, 11) is 4.54. The second-order valence-electron chi connectivity index (χ2n) is 6.49. The van der Waals surface area contributed by atoms with Gasteiger partial charge in [-0.2, -0.15) is 0 Å². The number of carbonyl (C=O) groups excluding carboxylic acids is 1. The van der Waals surface area contributed by atoms with Crippen LogP contribution in [0.5, 0.6) is 17.2 Å². The smallest absolute Gasteiger partial charge is 0.255 e. The van der Waals surface area contributed by atoms with Crippen molar-refractivity contribution in [3.05, 3.63) is 72.6 Å². The third-order valence-corrected chi connectivity index (χ3v) is 4.79. The number of para-hydroxylation sites is 4. The van der Waals surface area contributed by atoms with E-state index in [-0.39, 0.29) is 5.91 Å². The van der Waals surface area contributed by atoms with E-state index >= 15 is 0 Å². The Morgan fingerprint density at radius 2 is 1.57 bits per heavy atom. The van der Waals surface area contributed by atoms with E-state index in [2.05, 4.69) is 10.3 Å². The maximum atomic E-state index is 13.0. The molecule has 30 heavy (non-hydrogen) atoms. The highest BCUT2D eigenvalue weighted by molar-refractivity contribution is 6.06. The number of anilines is 1. The van der Waals surface area contributed by atoms with Gasteiger partial charge < -0.3 is 19.5 Å². The Hall–Kier alpha value is -4.00. The van der Waals surface area contributed by atoms with Crippen LogP contribution in [0.15, 0.2) is 67.0 Å². The zero-order valence-electron chi connectivity index (χ0n) is 16.9. The van der Waals surface area contributed by atoms with Gasteiger partial charge in [0.05, 0.1) is 43.7 Å². The summed E-state index contributed by atoms with van der Waals surface area (Å²) in [5, 5.41) is 2.98. The Labute approximate surface area is 173 Å². The highest BCUT2D eigenvalue weighted by Gasteiger charge is 2.18. The predicted octanol–water partition coefficient (Wildman–Crippen LogP) is 4.30. The Bertz CT molecular complexity index is 1190. The minimum absolute atomic E-state index is 0.300. The van der Waals surface area contributed by atoms with Crippen LogP contribution in [0.3, 0.4) is 0 Å². The van der Waals surface area contributed by atoms with Crippen molar-refractivity contribution in [1.29, 1.82) is 0 Å². The van der Waals surface area contributed by atoms with Gasteiger partial charge in [0.15, 0.2) is 11.5 Å². The molecule has 0 aliphatic carbocycles. The average Bonchev–Trinajstić information content (AvgIpc) is 3.22. The number of carbonyl (C=O) groups is 1. The lowest BCUT2D eigenvalue weighted by Gasteiger charge is -2.15. The summed E-state index contributed by atoms with van der Waals surface area (Å²) in [4.78, 5) is 17.5. The van der Waals surface area contributed by atoms with Crippen molar-refractivity contribution in [2.75, 3.05) is 26.6 Å². The van der Waals surface area contributed by atoms with Crippen molar-refractivity contribution in [1.82, 2.24) is 9.55 Å². The molecular weight excluding hydrogens is 382 g/mol. The van der Waals surface area contributed by atoms with E-state index < -0.39 is 0 Å². The molecule has 0 saturated carbocycles. The SMILES string of the molecule is COc1cc(C(=O)Nc2ccccc2-n2cnc3ccccc32)cc(OC)c1OC. The van der Waals surface area contributed by atoms with Gasteiger partial charge in [0.2, 0.25) is 5.75 Å². The lowest BCUT2D eigenvalue weighted by molar-refractivity contribution is 0.102. The van der Waals surface area contributed by atoms with Gasteiger partial charge in [0.1, 0.15) is 6.33 Å². The van der Waals surface area contributed by atoms with E-state index in [9.17, 15) is 4.79 Å². The molecule has 1 amide bonds. The number of hydrogen-bond donors (Lipinski definition) is 1. The molecule has 152 valence electrons. The zero-order chi connectivity index (χ0) is 21.1. The number of fused-ring (bicyclic) bond motifs is 1. The standard InChI is InChI=1S/C23H21N3O4/c1-28-20-12-15(13-21(29-2)22(20)30-3)23(27)25-17-9-5-7-11-19(17)26-14-24-16-8-4-6-10-18(16)26/h4-14H,1-3H3,(H,25,27). The van der Waals surface area contributed by atoms with E-state index in [0.717, 1.165) is 16.7 Å². The first-order valence-corrected chi connectivity index (χ1v) is 9.29. The number of rotatable bonds is 6. The van der Waals surface area contributed by atoms with Crippen molar-refractivity contribution >= 4 is 22.6 Å². The summed E-state index contributed by atoms with van der Waals surface area (Å²) in [5.41, 5.74) is 3.68. The third-order valence-electron chi connectivity index (χ3n) is 4.79. The van der Waals surface area contributed by atoms with E-state index in [4.69, 9.17) is 14.2 Å². The molecule has 1 aromatic heterocycles. The van der Waals surface area contributed by atoms with Crippen LogP contribution in [0.25, 0.3) is 16.7 Å². The Balaban J connectivity index is 1.72. The van der Waals surface area contributed by atoms with Crippen LogP contribution in [-0.4, -0.2) is 36.8 Å². The zero-order valence-corrected chi connectivity index (χ0v) is 16.9. The number of benzene rings is 3. The Morgan fingerprint density at radius 3 is 2.27 bits per heavy atom. The van der Waals surface area contributed by atoms with E-state index in [1.165, 1.54) is 21.3 Å². The molecule has 0 atom stereocenters. The minimum Gasteiger partial charge on any atom is -0.493 e. The molecule has 0 unspecified atom stereocenters. The molecular formula is C23H21N3O4. The van der Waals surface area contributed by atoms with Crippen molar-refractivity contribution in [3.63, 3.8) is 0 Å². The summed E-state index contributed by atoms with van der Waals surface area (Å²) in [6.07, 6.45) is 1.75. The molecule has 4 rings (SSSR count). The fourth-order valence-electron chi connectivity index (χ4n) is 3.35. The van der Waals surface area contributed by atoms with E-state index in [0.29, 0.717) is 28.5 Å². The number of nitrogens with zero attached hydrogens (tertiary/aromatic N) is 2. The molecule has 0 spiro atoms. The number of imidazole rings is 1. The van der Waals surface area contributed by atoms with Crippen molar-refractivity contribution in [2.24, 2.45) is 0 Å². The summed E-state index contributed by atoms with van der Waals surface area (Å²) < 4.78 is 18.0. The molecule has 4 aromatic rings. The van der Waals surface area contributed by atoms with Crippen LogP contribution >= 0.6 is 0 Å². The fraction of sp³-hybridized carbons (Fsp3) is 0.130. The largest absolute Gasteiger partial charge is 0.493 e. The molecule has 7 nitrogen and oxygen atoms in total. The second-order valence-corrected chi connectivity index (χ2v) is 6.49. The van der Waals surface area contributed by atoms with Crippen molar-refractivity contribution in [2.45, 2.75) is 0 Å². The quantitative estimate of drug-likeness (QED) is 0.519. The average molecular weight is 403 g/mol. The van der Waals surface area contributed by atoms with E-state index in [1.807, 2.05) is 53.1 Å². The molecule has 3 aromatic carbocycles. The lowest BCUT2D eigenvalue weighted by atomic mass is 10.1. The molecule has 0 aliphatic heterocycles. The number of aromatic nitrogens is 2. The van der Waals surface area contributed by atoms with Gasteiger partial charge in [0.25, 0.3) is 5.91 Å². The van der Waals surface area contributed by atoms with Crippen molar-refractivity contribution in [3.8, 4) is 22.9 Å². The number of nitrogens with one attached hydrogen (secondary N) is 1. The number of amides is 1. The lowest BCUT2D eigenvalue weighted by Crippen LogP contribution is -2.14. The maximum absolute atomic E-state index is 13.0. The van der Waals surface area contributed by atoms with Crippen LogP contribution in [0.2, 0.25) is 0 Å². The van der Waals surface area contributed by atoms with Crippen LogP contribution in [-0.2, 0) is 0 Å². The maximum Gasteiger partial charge on any atom is 0.255 e. The second kappa shape index (κ2) is 8.16. The minimum atomic E-state index is -0.300. The number of ether oxygens (including phenoxy) is 3. The van der Waals surface area contributed by atoms with Crippen LogP contribution in [0, 0.1) is 0 Å². The van der Waals surface area contributed by atoms with Gasteiger partial charge in [-0.15, -0.1) is 0 Å². The van der Waals surface area contributed by atoms with Gasteiger partial charge in [-0.05, 0) is 36.4 Å². The van der Waals surface area contributed by atoms with Gasteiger partial charge in [-0.3, -0.25) is 9.36 Å². The first-order chi connectivity index (χ1) is 14.7. The van der Waals surface area contributed by atoms with Crippen LogP contribution < -0.4 is 19.5 Å². The molecule has 7 heteroatoms. The van der Waals surface area contributed by atoms with Gasteiger partial charge >= 0.3 is 0 Å². The summed E-state index contributed by atoms with van der Waals surface area (Å²) in [5.74, 6) is 0.958. The highest BCUT2D eigenvalue weighted by Crippen LogP contribution is 2.38. The van der Waals surface area contributed by atoms with E-state index in [1.54, 1.807) is 18.5 Å². The van der Waals surface area contributed by atoms with Crippen molar-refractivity contribution < 1.29 is 19.0 Å². The third kappa shape index (κ3) is 3.41. The number of methoxy groups -OCH3 is 3. The first-order valence-electron chi connectivity index (χ1n) is 9.29. The Kier molecular flexibility index (Phi) is 5.26. The molecule has 0 saturated heterocycles. The van der Waals surface area contributed by atoms with Gasteiger partial charge in [-0.25, -0.2) is 4.98 Å². The first kappa shape index (κ1) is 19.3. The Morgan fingerprint density at radius 1 is 0.900 bits per heavy atom. The molecule has 0 radical (unpaired) electrons. The van der Waals surface area contributed by atoms with Gasteiger partial charge in [0, 0.05) is 5.56 Å². The van der Waals surface area contributed by atoms with Crippen LogP contribution in [0.4, 0.5) is 5.69 Å². The molecule has 0 aliphatic rings. The summed E-state index contributed by atoms with van der Waals surface area (Å²) in [6, 6.07) is 18.6. The molecule has 0 fully saturated rings. The topological polar surface area (TPSA) is 74.6 Å². The normalized spacial score (nSPS) is 10.6. The number of hydrogen-bond acceptors (Lipinski definition) is 5. The predicted molar refractivity (Wildman–Crippen MR) is 115 cm³/mol. The van der Waals surface area contributed by atoms with Gasteiger partial charge in [-0.1, -0.05) is 24.3 Å². The molecule has 1 heterocycles. The summed E-state index contributed by atoms with van der Waals surface area (Å²) in [6.45, 7) is 0. The monoisotopic (exact) mass is 403 g/mol. The highest BCUT2D eigenvalue weighted by atomic mass is 16.5. The summed E-state index contributed by atoms with van der Waals surface area (Å²) >= 11 is 0. The molecule has 0 bridgehead atoms. The fourth-order valence-corrected chi connectivity index (χ4v) is 3.35.